The Balaban J connectivity index is 1.42. The zero-order chi connectivity index (χ0) is 49.2. The van der Waals surface area contributed by atoms with Crippen LogP contribution in [0, 0.1) is 5.92 Å². The van der Waals surface area contributed by atoms with Crippen molar-refractivity contribution in [3.63, 3.8) is 0 Å². The molecule has 0 bridgehead atoms. The number of aliphatic carboxylic acids is 1. The molecule has 4 rings (SSSR count). The van der Waals surface area contributed by atoms with Crippen molar-refractivity contribution >= 4 is 64.0 Å². The van der Waals surface area contributed by atoms with Gasteiger partial charge in [-0.05, 0) is 114 Å². The molecule has 1 aliphatic rings. The van der Waals surface area contributed by atoms with Gasteiger partial charge in [-0.1, -0.05) is 5.16 Å². The molecule has 22 heteroatoms. The van der Waals surface area contributed by atoms with Gasteiger partial charge in [-0.2, -0.15) is 4.68 Å². The van der Waals surface area contributed by atoms with Gasteiger partial charge in [-0.15, -0.1) is 16.0 Å². The second-order valence-corrected chi connectivity index (χ2v) is 20.2. The van der Waals surface area contributed by atoms with Crippen molar-refractivity contribution in [3.05, 3.63) is 53.3 Å². The lowest BCUT2D eigenvalue weighted by Crippen LogP contribution is -2.58. The molecule has 4 amide bonds. The van der Waals surface area contributed by atoms with Crippen LogP contribution < -0.4 is 25.4 Å². The molecule has 3 heterocycles. The molecule has 3 aromatic rings. The van der Waals surface area contributed by atoms with Crippen LogP contribution in [-0.2, 0) is 46.5 Å². The molecule has 1 aromatic carbocycles. The predicted molar refractivity (Wildman–Crippen MR) is 242 cm³/mol. The van der Waals surface area contributed by atoms with E-state index in [0.717, 1.165) is 11.3 Å². The third-order valence-electron chi connectivity index (χ3n) is 8.47. The van der Waals surface area contributed by atoms with Gasteiger partial charge >= 0.3 is 30.2 Å². The Morgan fingerprint density at radius 2 is 1.45 bits per heavy atom. The van der Waals surface area contributed by atoms with Crippen LogP contribution in [0.1, 0.15) is 106 Å². The first-order valence-corrected chi connectivity index (χ1v) is 22.2. The molecule has 1 atom stereocenters. The highest BCUT2D eigenvalue weighted by Crippen LogP contribution is 2.22. The zero-order valence-electron chi connectivity index (χ0n) is 39.6. The highest BCUT2D eigenvalue weighted by molar-refractivity contribution is 7.14. The second kappa shape index (κ2) is 21.7. The minimum Gasteiger partial charge on any atom is -0.489 e. The van der Waals surface area contributed by atoms with Gasteiger partial charge in [-0.3, -0.25) is 10.1 Å². The fraction of sp³-hybridized carbons (Fsp3) is 0.568. The summed E-state index contributed by atoms with van der Waals surface area (Å²) in [5, 5.41) is 23.1. The third kappa shape index (κ3) is 17.8. The maximum atomic E-state index is 13.5. The van der Waals surface area contributed by atoms with Crippen molar-refractivity contribution < 1.29 is 67.1 Å². The minimum atomic E-state index is -1.54. The van der Waals surface area contributed by atoms with Crippen molar-refractivity contribution in [2.24, 2.45) is 11.1 Å². The van der Waals surface area contributed by atoms with E-state index in [9.17, 15) is 33.9 Å². The fourth-order valence-corrected chi connectivity index (χ4v) is 6.50. The molecular formula is C44H63N8O13S+. The zero-order valence-corrected chi connectivity index (χ0v) is 40.5. The number of benzene rings is 1. The Bertz CT molecular complexity index is 2220. The van der Waals surface area contributed by atoms with Crippen LogP contribution in [0.15, 0.2) is 47.2 Å². The highest BCUT2D eigenvalue weighted by atomic mass is 32.1. The number of rotatable bonds is 17. The lowest BCUT2D eigenvalue weighted by atomic mass is 10.0. The number of carbonyl (C=O) groups is 6. The normalized spacial score (nSPS) is 14.0. The number of oxime groups is 1. The number of anilines is 2. The Kier molecular flexibility index (Phi) is 17.1. The van der Waals surface area contributed by atoms with E-state index < -0.39 is 70.9 Å². The maximum absolute atomic E-state index is 13.5. The van der Waals surface area contributed by atoms with Gasteiger partial charge in [0.05, 0.1) is 18.7 Å². The minimum absolute atomic E-state index is 0.0412. The fourth-order valence-electron chi connectivity index (χ4n) is 5.82. The maximum Gasteiger partial charge on any atom is 0.413 e. The number of likely N-dealkylation sites (tertiary alicyclic amines) is 1. The number of nitrogens with zero attached hydrogens (tertiary/aromatic N) is 5. The lowest BCUT2D eigenvalue weighted by Gasteiger charge is -2.38. The molecule has 0 radical (unpaired) electrons. The summed E-state index contributed by atoms with van der Waals surface area (Å²) in [5.74, 6) is -2.45. The average Bonchev–Trinajstić information content (AvgIpc) is 3.75. The number of ether oxygens (including phenoxy) is 5. The van der Waals surface area contributed by atoms with Crippen LogP contribution in [0.25, 0.3) is 0 Å². The van der Waals surface area contributed by atoms with E-state index in [1.807, 2.05) is 30.1 Å². The van der Waals surface area contributed by atoms with Gasteiger partial charge < -0.3 is 49.2 Å². The molecule has 4 N–H and O–H groups in total. The number of thiazole rings is 1. The number of hydrogen-bond donors (Lipinski definition) is 4. The molecular weight excluding hydrogens is 881 g/mol. The Labute approximate surface area is 388 Å². The first-order chi connectivity index (χ1) is 30.5. The number of alkyl carbamates (subject to hydrolysis) is 1. The molecule has 66 heavy (non-hydrogen) atoms. The largest absolute Gasteiger partial charge is 0.489 e. The van der Waals surface area contributed by atoms with Gasteiger partial charge in [0.25, 0.3) is 12.0 Å². The van der Waals surface area contributed by atoms with Gasteiger partial charge in [0, 0.05) is 30.6 Å². The molecule has 0 saturated carbocycles. The Morgan fingerprint density at radius 1 is 0.848 bits per heavy atom. The molecule has 1 unspecified atom stereocenters. The number of carbonyl (C=O) groups excluding carboxylic acids is 5. The van der Waals surface area contributed by atoms with Crippen molar-refractivity contribution in [1.29, 1.82) is 0 Å². The first-order valence-electron chi connectivity index (χ1n) is 21.3. The molecule has 1 aliphatic heterocycles. The topological polar surface area (TPSA) is 251 Å². The van der Waals surface area contributed by atoms with E-state index in [2.05, 4.69) is 26.1 Å². The van der Waals surface area contributed by atoms with Crippen molar-refractivity contribution in [3.8, 4) is 5.75 Å². The summed E-state index contributed by atoms with van der Waals surface area (Å²) in [4.78, 5) is 86.9. The summed E-state index contributed by atoms with van der Waals surface area (Å²) in [6, 6.07) is 6.06. The molecule has 0 aliphatic carbocycles. The van der Waals surface area contributed by atoms with Crippen molar-refractivity contribution in [1.82, 2.24) is 19.9 Å². The SMILES string of the molecule is CC(C)(C)OC(=O)NCCCn1cc(NC(=O)c2ccc(OCC(O/N=C(\C(=O)O)c3csc(NC(=O)OC(C)(C)C)n3)C(=O)OC(C)(C)C)cc2)c[n+]1CC1CN(C(=O)OC(C)(C)C)C1. The number of amides is 4. The quantitative estimate of drug-likeness (QED) is 0.0294. The summed E-state index contributed by atoms with van der Waals surface area (Å²) in [7, 11) is 0. The number of esters is 1. The van der Waals surface area contributed by atoms with Gasteiger partial charge in [-0.25, -0.2) is 29.0 Å². The molecule has 0 spiro atoms. The summed E-state index contributed by atoms with van der Waals surface area (Å²) in [5.41, 5.74) is -2.96. The van der Waals surface area contributed by atoms with Crippen LogP contribution >= 0.6 is 11.3 Å². The summed E-state index contributed by atoms with van der Waals surface area (Å²) in [6.07, 6.45) is 0.939. The van der Waals surface area contributed by atoms with Crippen molar-refractivity contribution in [2.75, 3.05) is 36.9 Å². The smallest absolute Gasteiger partial charge is 0.413 e. The summed E-state index contributed by atoms with van der Waals surface area (Å²) >= 11 is 0.924. The number of carboxylic acid groups (broad SMARTS) is 1. The molecule has 1 fully saturated rings. The molecule has 362 valence electrons. The van der Waals surface area contributed by atoms with E-state index >= 15 is 0 Å². The van der Waals surface area contributed by atoms with E-state index in [0.29, 0.717) is 44.8 Å². The van der Waals surface area contributed by atoms with Crippen LogP contribution in [0.2, 0.25) is 0 Å². The standard InChI is InChI=1S/C44H62N8O13S/c1-41(2,3)61-36(56)32(65-49-33(35(54)55)31-26-66-37(47-31)48-39(58)63-43(7,8)9)25-60-30-16-14-28(15-17-30)34(53)46-29-23-51(19-13-18-45-38(57)62-42(4,5)6)52(24-29)22-27-20-50(21-27)40(59)64-44(10,11)12/h14-17,23-24,26-27,32H,13,18-22,25H2,1-12H3,(H3-,45,46,47,48,53,54,55,57,58)/p+1/b49-33-. The van der Waals surface area contributed by atoms with Crippen LogP contribution in [0.3, 0.4) is 0 Å². The third-order valence-corrected chi connectivity index (χ3v) is 9.22. The number of nitrogens with one attached hydrogen (secondary N) is 3. The lowest BCUT2D eigenvalue weighted by molar-refractivity contribution is -0.781. The Morgan fingerprint density at radius 3 is 2.05 bits per heavy atom. The van der Waals surface area contributed by atoms with Crippen LogP contribution in [0.5, 0.6) is 5.75 Å². The van der Waals surface area contributed by atoms with E-state index in [1.54, 1.807) is 79.6 Å². The predicted octanol–water partition coefficient (Wildman–Crippen LogP) is 6.21. The van der Waals surface area contributed by atoms with Crippen LogP contribution in [-0.4, -0.2) is 116 Å². The van der Waals surface area contributed by atoms with E-state index in [1.165, 1.54) is 29.6 Å². The number of carboxylic acids is 1. The first kappa shape index (κ1) is 52.2. The monoisotopic (exact) mass is 943 g/mol. The van der Waals surface area contributed by atoms with Gasteiger partial charge in [0.1, 0.15) is 46.1 Å². The molecule has 1 saturated heterocycles. The summed E-state index contributed by atoms with van der Waals surface area (Å²) in [6.45, 7) is 22.7. The molecule has 21 nitrogen and oxygen atoms in total. The van der Waals surface area contributed by atoms with E-state index in [-0.39, 0.29) is 34.1 Å². The summed E-state index contributed by atoms with van der Waals surface area (Å²) < 4.78 is 31.2. The van der Waals surface area contributed by atoms with Gasteiger partial charge in [0.2, 0.25) is 11.9 Å². The van der Waals surface area contributed by atoms with Crippen LogP contribution in [0.4, 0.5) is 25.2 Å². The Hall–Kier alpha value is -6.45. The number of aryl methyl sites for hydroxylation is 1. The molecule has 2 aromatic heterocycles. The van der Waals surface area contributed by atoms with E-state index in [4.69, 9.17) is 28.5 Å². The number of hydrogen-bond acceptors (Lipinski definition) is 15. The number of aromatic nitrogens is 3. The second-order valence-electron chi connectivity index (χ2n) is 19.4. The highest BCUT2D eigenvalue weighted by Gasteiger charge is 2.37. The van der Waals surface area contributed by atoms with Crippen molar-refractivity contribution in [2.45, 2.75) is 131 Å². The van der Waals surface area contributed by atoms with Gasteiger partial charge in [0.15, 0.2) is 11.7 Å². The average molecular weight is 944 g/mol.